The molecule has 150 valence electrons. The van der Waals surface area contributed by atoms with Crippen LogP contribution < -0.4 is 11.0 Å². The van der Waals surface area contributed by atoms with E-state index in [1.807, 2.05) is 18.2 Å². The Morgan fingerprint density at radius 1 is 1.14 bits per heavy atom. The number of hydrogen-bond donors (Lipinski definition) is 3. The lowest BCUT2D eigenvalue weighted by molar-refractivity contribution is 0.323. The van der Waals surface area contributed by atoms with Gasteiger partial charge in [0.25, 0.3) is 0 Å². The number of H-pyrrole nitrogens is 2. The first-order chi connectivity index (χ1) is 14.1. The molecule has 7 nitrogen and oxygen atoms in total. The van der Waals surface area contributed by atoms with Crippen molar-refractivity contribution in [3.8, 4) is 0 Å². The van der Waals surface area contributed by atoms with Gasteiger partial charge in [-0.3, -0.25) is 4.90 Å². The highest BCUT2D eigenvalue weighted by Crippen LogP contribution is 2.33. The molecule has 3 N–H and O–H groups in total. The van der Waals surface area contributed by atoms with Crippen molar-refractivity contribution >= 4 is 38.4 Å². The molecule has 1 aliphatic rings. The fraction of sp³-hybridized carbons (Fsp3) is 0.381. The van der Waals surface area contributed by atoms with Gasteiger partial charge in [-0.15, -0.1) is 11.3 Å². The summed E-state index contributed by atoms with van der Waals surface area (Å²) in [7, 11) is 0. The van der Waals surface area contributed by atoms with Crippen LogP contribution in [0.25, 0.3) is 21.3 Å². The highest BCUT2D eigenvalue weighted by molar-refractivity contribution is 7.18. The molecule has 4 aromatic rings. The normalized spacial score (nSPS) is 15.0. The number of thiophene rings is 1. The number of hydrogen-bond acceptors (Lipinski definition) is 6. The van der Waals surface area contributed by atoms with E-state index in [4.69, 9.17) is 9.97 Å². The van der Waals surface area contributed by atoms with Gasteiger partial charge in [0.05, 0.1) is 23.0 Å². The molecule has 1 saturated heterocycles. The van der Waals surface area contributed by atoms with Crippen LogP contribution in [-0.4, -0.2) is 37.9 Å². The van der Waals surface area contributed by atoms with E-state index in [0.717, 1.165) is 58.1 Å². The second-order valence-electron chi connectivity index (χ2n) is 7.75. The van der Waals surface area contributed by atoms with Crippen molar-refractivity contribution in [2.45, 2.75) is 39.8 Å². The predicted molar refractivity (Wildman–Crippen MR) is 118 cm³/mol. The molecule has 5 rings (SSSR count). The predicted octanol–water partition coefficient (Wildman–Crippen LogP) is 3.69. The van der Waals surface area contributed by atoms with Crippen molar-refractivity contribution in [2.75, 3.05) is 18.4 Å². The van der Waals surface area contributed by atoms with E-state index in [1.54, 1.807) is 11.3 Å². The Labute approximate surface area is 172 Å². The molecule has 3 aromatic heterocycles. The largest absolute Gasteiger partial charge is 0.365 e. The monoisotopic (exact) mass is 408 g/mol. The number of anilines is 1. The molecule has 1 aliphatic heterocycles. The molecule has 0 bridgehead atoms. The summed E-state index contributed by atoms with van der Waals surface area (Å²) in [5.74, 6) is 1.78. The third kappa shape index (κ3) is 3.54. The molecular formula is C21H24N6OS. The minimum absolute atomic E-state index is 0.182. The average Bonchev–Trinajstić information content (AvgIpc) is 3.39. The van der Waals surface area contributed by atoms with Crippen molar-refractivity contribution in [2.24, 2.45) is 0 Å². The quantitative estimate of drug-likeness (QED) is 0.469. The molecule has 0 unspecified atom stereocenters. The number of likely N-dealkylation sites (tertiary alicyclic amines) is 1. The zero-order chi connectivity index (χ0) is 20.0. The van der Waals surface area contributed by atoms with Crippen LogP contribution in [0.2, 0.25) is 0 Å². The third-order valence-electron chi connectivity index (χ3n) is 5.68. The van der Waals surface area contributed by atoms with Crippen LogP contribution in [0, 0.1) is 13.8 Å². The van der Waals surface area contributed by atoms with E-state index in [9.17, 15) is 4.79 Å². The summed E-state index contributed by atoms with van der Waals surface area (Å²) in [6, 6.07) is 5.95. The second-order valence-corrected chi connectivity index (χ2v) is 8.95. The van der Waals surface area contributed by atoms with Gasteiger partial charge in [-0.1, -0.05) is 6.07 Å². The van der Waals surface area contributed by atoms with Crippen molar-refractivity contribution in [3.63, 3.8) is 0 Å². The molecular weight excluding hydrogens is 384 g/mol. The number of rotatable bonds is 5. The van der Waals surface area contributed by atoms with Crippen molar-refractivity contribution in [1.82, 2.24) is 24.8 Å². The number of fused-ring (bicyclic) bond motifs is 2. The smallest absolute Gasteiger partial charge is 0.323 e. The Kier molecular flexibility index (Phi) is 4.60. The minimum Gasteiger partial charge on any atom is -0.365 e. The Morgan fingerprint density at radius 3 is 2.76 bits per heavy atom. The standard InChI is InChI=1S/C21H24N6OS/c1-12-13(2)29-20-18(12)19(25-17(26-20)11-27-7-3-4-8-27)22-10-14-5-6-15-16(9-14)24-21(28)23-15/h5-6,9H,3-4,7-8,10-11H2,1-2H3,(H,22,25,26)(H2,23,24,28). The molecule has 0 amide bonds. The van der Waals surface area contributed by atoms with E-state index in [2.05, 4.69) is 34.0 Å². The molecule has 29 heavy (non-hydrogen) atoms. The number of aryl methyl sites for hydroxylation is 2. The molecule has 0 atom stereocenters. The zero-order valence-electron chi connectivity index (χ0n) is 16.6. The van der Waals surface area contributed by atoms with Gasteiger partial charge < -0.3 is 15.3 Å². The molecule has 0 aliphatic carbocycles. The van der Waals surface area contributed by atoms with Crippen molar-refractivity contribution in [3.05, 3.63) is 50.5 Å². The highest BCUT2D eigenvalue weighted by atomic mass is 32.1. The van der Waals surface area contributed by atoms with E-state index in [0.29, 0.717) is 6.54 Å². The molecule has 0 saturated carbocycles. The maximum absolute atomic E-state index is 11.5. The van der Waals surface area contributed by atoms with Gasteiger partial charge in [-0.25, -0.2) is 14.8 Å². The highest BCUT2D eigenvalue weighted by Gasteiger charge is 2.18. The summed E-state index contributed by atoms with van der Waals surface area (Å²) in [5, 5.41) is 4.65. The van der Waals surface area contributed by atoms with Gasteiger partial charge in [-0.05, 0) is 63.0 Å². The zero-order valence-corrected chi connectivity index (χ0v) is 17.4. The lowest BCUT2D eigenvalue weighted by Crippen LogP contribution is -2.20. The Bertz CT molecular complexity index is 1250. The van der Waals surface area contributed by atoms with Gasteiger partial charge >= 0.3 is 5.69 Å². The molecule has 4 heterocycles. The van der Waals surface area contributed by atoms with Gasteiger partial charge in [-0.2, -0.15) is 0 Å². The van der Waals surface area contributed by atoms with E-state index in [-0.39, 0.29) is 5.69 Å². The third-order valence-corrected chi connectivity index (χ3v) is 6.78. The minimum atomic E-state index is -0.182. The number of aromatic amines is 2. The van der Waals surface area contributed by atoms with Gasteiger partial charge in [0.1, 0.15) is 16.5 Å². The van der Waals surface area contributed by atoms with Crippen LogP contribution in [0.15, 0.2) is 23.0 Å². The number of benzene rings is 1. The summed E-state index contributed by atoms with van der Waals surface area (Å²) < 4.78 is 0. The van der Waals surface area contributed by atoms with Crippen LogP contribution >= 0.6 is 11.3 Å². The van der Waals surface area contributed by atoms with Gasteiger partial charge in [0.2, 0.25) is 0 Å². The lowest BCUT2D eigenvalue weighted by Gasteiger charge is -2.15. The fourth-order valence-corrected chi connectivity index (χ4v) is 5.06. The lowest BCUT2D eigenvalue weighted by atomic mass is 10.2. The molecule has 0 spiro atoms. The number of nitrogens with one attached hydrogen (secondary N) is 3. The van der Waals surface area contributed by atoms with Crippen molar-refractivity contribution in [1.29, 1.82) is 0 Å². The van der Waals surface area contributed by atoms with E-state index in [1.165, 1.54) is 23.3 Å². The molecule has 8 heteroatoms. The Morgan fingerprint density at radius 2 is 1.93 bits per heavy atom. The number of aromatic nitrogens is 4. The van der Waals surface area contributed by atoms with Crippen LogP contribution in [0.1, 0.15) is 34.7 Å². The number of nitrogens with zero attached hydrogens (tertiary/aromatic N) is 3. The van der Waals surface area contributed by atoms with Crippen LogP contribution in [0.4, 0.5) is 5.82 Å². The van der Waals surface area contributed by atoms with E-state index >= 15 is 0 Å². The van der Waals surface area contributed by atoms with Gasteiger partial charge in [0, 0.05) is 11.4 Å². The van der Waals surface area contributed by atoms with Crippen LogP contribution in [0.5, 0.6) is 0 Å². The van der Waals surface area contributed by atoms with Crippen LogP contribution in [-0.2, 0) is 13.1 Å². The number of imidazole rings is 1. The summed E-state index contributed by atoms with van der Waals surface area (Å²) in [4.78, 5) is 31.6. The fourth-order valence-electron chi connectivity index (χ4n) is 4.01. The first kappa shape index (κ1) is 18.3. The van der Waals surface area contributed by atoms with Crippen molar-refractivity contribution < 1.29 is 0 Å². The first-order valence-electron chi connectivity index (χ1n) is 10.0. The summed E-state index contributed by atoms with van der Waals surface area (Å²) in [5.41, 5.74) is 3.79. The summed E-state index contributed by atoms with van der Waals surface area (Å²) in [6.45, 7) is 7.97. The van der Waals surface area contributed by atoms with E-state index < -0.39 is 0 Å². The SMILES string of the molecule is Cc1sc2nc(CN3CCCC3)nc(NCc3ccc4[nH]c(=O)[nH]c4c3)c2c1C. The Balaban J connectivity index is 1.46. The maximum atomic E-state index is 11.5. The Hall–Kier alpha value is -2.71. The maximum Gasteiger partial charge on any atom is 0.323 e. The summed E-state index contributed by atoms with van der Waals surface area (Å²) >= 11 is 1.74. The van der Waals surface area contributed by atoms with Gasteiger partial charge in [0.15, 0.2) is 0 Å². The topological polar surface area (TPSA) is 89.7 Å². The molecule has 1 fully saturated rings. The average molecular weight is 409 g/mol. The molecule has 1 aromatic carbocycles. The second kappa shape index (κ2) is 7.27. The first-order valence-corrected chi connectivity index (χ1v) is 10.8. The van der Waals surface area contributed by atoms with Crippen LogP contribution in [0.3, 0.4) is 0 Å². The summed E-state index contributed by atoms with van der Waals surface area (Å²) in [6.07, 6.45) is 2.52. The molecule has 0 radical (unpaired) electrons.